The molecule has 0 aliphatic heterocycles. The summed E-state index contributed by atoms with van der Waals surface area (Å²) in [5.41, 5.74) is 1.93. The Morgan fingerprint density at radius 2 is 1.63 bits per heavy atom. The van der Waals surface area contributed by atoms with Crippen molar-refractivity contribution in [3.8, 4) is 0 Å². The quantitative estimate of drug-likeness (QED) is 0.525. The van der Waals surface area contributed by atoms with Gasteiger partial charge in [-0.25, -0.2) is 13.1 Å². The monoisotopic (exact) mass is 440 g/mol. The van der Waals surface area contributed by atoms with Crippen LogP contribution in [0.2, 0.25) is 9.36 Å². The van der Waals surface area contributed by atoms with E-state index in [4.69, 9.17) is 23.2 Å². The Kier molecular flexibility index (Phi) is 6.92. The van der Waals surface area contributed by atoms with Gasteiger partial charge in [0.2, 0.25) is 10.0 Å². The first-order valence-electron chi connectivity index (χ1n) is 8.22. The Hall–Kier alpha value is -1.41. The van der Waals surface area contributed by atoms with Crippen molar-refractivity contribution in [3.63, 3.8) is 0 Å². The topological polar surface area (TPSA) is 58.2 Å². The highest BCUT2D eigenvalue weighted by Crippen LogP contribution is 2.25. The van der Waals surface area contributed by atoms with Gasteiger partial charge in [-0.3, -0.25) is 0 Å². The third-order valence-electron chi connectivity index (χ3n) is 3.99. The average molecular weight is 441 g/mol. The van der Waals surface area contributed by atoms with Crippen LogP contribution >= 0.6 is 34.5 Å². The molecule has 0 spiro atoms. The van der Waals surface area contributed by atoms with Gasteiger partial charge in [0.25, 0.3) is 0 Å². The number of thiophene rings is 1. The van der Waals surface area contributed by atoms with Crippen molar-refractivity contribution in [2.75, 3.05) is 6.54 Å². The molecule has 0 fully saturated rings. The van der Waals surface area contributed by atoms with Gasteiger partial charge in [0.05, 0.1) is 4.34 Å². The molecule has 0 unspecified atom stereocenters. The molecule has 1 atom stereocenters. The van der Waals surface area contributed by atoms with Crippen LogP contribution in [0.25, 0.3) is 0 Å². The van der Waals surface area contributed by atoms with E-state index in [1.807, 2.05) is 54.6 Å². The number of hydrogen-bond acceptors (Lipinski definition) is 4. The molecule has 3 rings (SSSR count). The largest absolute Gasteiger partial charge is 0.305 e. The summed E-state index contributed by atoms with van der Waals surface area (Å²) >= 11 is 13.1. The number of hydrogen-bond donors (Lipinski definition) is 2. The highest BCUT2D eigenvalue weighted by atomic mass is 35.5. The molecule has 8 heteroatoms. The summed E-state index contributed by atoms with van der Waals surface area (Å²) < 4.78 is 28.3. The maximum absolute atomic E-state index is 12.5. The minimum absolute atomic E-state index is 0.199. The smallest absolute Gasteiger partial charge is 0.250 e. The third-order valence-corrected chi connectivity index (χ3v) is 7.50. The summed E-state index contributed by atoms with van der Waals surface area (Å²) in [5, 5.41) is 4.06. The van der Waals surface area contributed by atoms with Crippen LogP contribution in [0.3, 0.4) is 0 Å². The van der Waals surface area contributed by atoms with Gasteiger partial charge in [-0.05, 0) is 29.3 Å². The molecule has 2 aromatic carbocycles. The van der Waals surface area contributed by atoms with E-state index in [2.05, 4.69) is 10.0 Å². The van der Waals surface area contributed by atoms with Crippen LogP contribution in [0.1, 0.15) is 17.2 Å². The number of nitrogens with one attached hydrogen (secondary N) is 2. The van der Waals surface area contributed by atoms with Crippen molar-refractivity contribution in [1.82, 2.24) is 10.0 Å². The van der Waals surface area contributed by atoms with Gasteiger partial charge in [-0.1, -0.05) is 71.7 Å². The molecule has 27 heavy (non-hydrogen) atoms. The van der Waals surface area contributed by atoms with Gasteiger partial charge in [-0.15, -0.1) is 11.3 Å². The Morgan fingerprint density at radius 1 is 0.926 bits per heavy atom. The van der Waals surface area contributed by atoms with Crippen molar-refractivity contribution in [2.24, 2.45) is 0 Å². The van der Waals surface area contributed by atoms with Crippen molar-refractivity contribution in [3.05, 3.63) is 87.2 Å². The maximum atomic E-state index is 12.5. The van der Waals surface area contributed by atoms with Gasteiger partial charge >= 0.3 is 0 Å². The highest BCUT2D eigenvalue weighted by molar-refractivity contribution is 7.91. The van der Waals surface area contributed by atoms with E-state index < -0.39 is 10.0 Å². The first kappa shape index (κ1) is 20.3. The lowest BCUT2D eigenvalue weighted by molar-refractivity contribution is 0.513. The van der Waals surface area contributed by atoms with Gasteiger partial charge in [0.15, 0.2) is 0 Å². The van der Waals surface area contributed by atoms with E-state index in [0.717, 1.165) is 22.5 Å². The SMILES string of the molecule is O=S(=O)(NC[C@@H](NCc1ccccc1Cl)c1ccccc1)c1ccc(Cl)s1. The fourth-order valence-electron chi connectivity index (χ4n) is 2.57. The minimum Gasteiger partial charge on any atom is -0.305 e. The van der Waals surface area contributed by atoms with Crippen molar-refractivity contribution >= 4 is 44.6 Å². The molecular weight excluding hydrogens is 423 g/mol. The van der Waals surface area contributed by atoms with Crippen LogP contribution < -0.4 is 10.0 Å². The van der Waals surface area contributed by atoms with E-state index in [0.29, 0.717) is 15.9 Å². The molecule has 0 radical (unpaired) electrons. The molecule has 1 heterocycles. The lowest BCUT2D eigenvalue weighted by Gasteiger charge is -2.20. The Morgan fingerprint density at radius 3 is 2.30 bits per heavy atom. The molecule has 0 amide bonds. The first-order valence-corrected chi connectivity index (χ1v) is 11.3. The normalized spacial score (nSPS) is 12.8. The van der Waals surface area contributed by atoms with E-state index in [1.54, 1.807) is 6.07 Å². The molecule has 2 N–H and O–H groups in total. The fourth-order valence-corrected chi connectivity index (χ4v) is 5.35. The summed E-state index contributed by atoms with van der Waals surface area (Å²) in [6, 6.07) is 20.1. The summed E-state index contributed by atoms with van der Waals surface area (Å²) in [4.78, 5) is 0. The summed E-state index contributed by atoms with van der Waals surface area (Å²) in [7, 11) is -3.62. The Bertz CT molecular complexity index is 992. The standard InChI is InChI=1S/C19H18Cl2N2O2S2/c20-16-9-5-4-8-15(16)12-22-17(14-6-2-1-3-7-14)13-23-27(24,25)19-11-10-18(21)26-19/h1-11,17,22-23H,12-13H2/t17-/m1/s1. The van der Waals surface area contributed by atoms with Crippen LogP contribution in [0.4, 0.5) is 0 Å². The predicted octanol–water partition coefficient (Wildman–Crippen LogP) is 4.86. The molecule has 0 aliphatic carbocycles. The summed E-state index contributed by atoms with van der Waals surface area (Å²) in [6.07, 6.45) is 0. The average Bonchev–Trinajstić information content (AvgIpc) is 3.11. The van der Waals surface area contributed by atoms with Crippen LogP contribution in [0, 0.1) is 0 Å². The Labute approximate surface area is 173 Å². The van der Waals surface area contributed by atoms with Crippen molar-refractivity contribution in [1.29, 1.82) is 0 Å². The van der Waals surface area contributed by atoms with Crippen LogP contribution in [-0.2, 0) is 16.6 Å². The molecule has 142 valence electrons. The summed E-state index contributed by atoms with van der Waals surface area (Å²) in [5.74, 6) is 0. The Balaban J connectivity index is 1.74. The number of sulfonamides is 1. The predicted molar refractivity (Wildman–Crippen MR) is 112 cm³/mol. The first-order chi connectivity index (χ1) is 13.0. The molecule has 0 aliphatic rings. The van der Waals surface area contributed by atoms with E-state index in [9.17, 15) is 8.42 Å². The number of rotatable bonds is 8. The molecule has 3 aromatic rings. The molecule has 1 aromatic heterocycles. The van der Waals surface area contributed by atoms with Crippen LogP contribution in [0.15, 0.2) is 70.9 Å². The molecule has 0 bridgehead atoms. The second-order valence-corrected chi connectivity index (χ2v) is 9.96. The maximum Gasteiger partial charge on any atom is 0.250 e. The van der Waals surface area contributed by atoms with E-state index in [-0.39, 0.29) is 16.8 Å². The van der Waals surface area contributed by atoms with Crippen molar-refractivity contribution < 1.29 is 8.42 Å². The van der Waals surface area contributed by atoms with E-state index in [1.165, 1.54) is 6.07 Å². The van der Waals surface area contributed by atoms with Gasteiger partial charge < -0.3 is 5.32 Å². The second kappa shape index (κ2) is 9.19. The van der Waals surface area contributed by atoms with E-state index >= 15 is 0 Å². The lowest BCUT2D eigenvalue weighted by Crippen LogP contribution is -2.34. The fraction of sp³-hybridized carbons (Fsp3) is 0.158. The molecule has 4 nitrogen and oxygen atoms in total. The van der Waals surface area contributed by atoms with Crippen LogP contribution in [0.5, 0.6) is 0 Å². The zero-order valence-electron chi connectivity index (χ0n) is 14.2. The molecule has 0 saturated heterocycles. The highest BCUT2D eigenvalue weighted by Gasteiger charge is 2.20. The summed E-state index contributed by atoms with van der Waals surface area (Å²) in [6.45, 7) is 0.720. The van der Waals surface area contributed by atoms with Gasteiger partial charge in [0, 0.05) is 24.2 Å². The number of halogens is 2. The minimum atomic E-state index is -3.62. The zero-order chi connectivity index (χ0) is 19.3. The molecule has 0 saturated carbocycles. The van der Waals surface area contributed by atoms with Gasteiger partial charge in [0.1, 0.15) is 4.21 Å². The molecular formula is C19H18Cl2N2O2S2. The van der Waals surface area contributed by atoms with Crippen LogP contribution in [-0.4, -0.2) is 15.0 Å². The van der Waals surface area contributed by atoms with Gasteiger partial charge in [-0.2, -0.15) is 0 Å². The zero-order valence-corrected chi connectivity index (χ0v) is 17.4. The third kappa shape index (κ3) is 5.54. The number of benzene rings is 2. The lowest BCUT2D eigenvalue weighted by atomic mass is 10.1. The second-order valence-electron chi connectivity index (χ2n) is 5.85. The van der Waals surface area contributed by atoms with Crippen molar-refractivity contribution in [2.45, 2.75) is 16.8 Å².